The van der Waals surface area contributed by atoms with E-state index in [2.05, 4.69) is 24.3 Å². The van der Waals surface area contributed by atoms with Crippen LogP contribution in [0.3, 0.4) is 0 Å². The van der Waals surface area contributed by atoms with E-state index in [9.17, 15) is 0 Å². The molecule has 0 bridgehead atoms. The van der Waals surface area contributed by atoms with Crippen molar-refractivity contribution in [3.8, 4) is 0 Å². The maximum absolute atomic E-state index is 5.72. The van der Waals surface area contributed by atoms with Gasteiger partial charge in [-0.25, -0.2) is 0 Å². The Balaban J connectivity index is 2.29. The SMILES string of the molecule is NC1=C\C=C/C(C2=C/C=C\C=C/C=C\2)=C\C=C/1. The molecule has 0 atom stereocenters. The molecule has 0 heterocycles. The van der Waals surface area contributed by atoms with E-state index in [1.807, 2.05) is 54.7 Å². The van der Waals surface area contributed by atoms with Crippen LogP contribution in [-0.2, 0) is 0 Å². The molecule has 0 aromatic heterocycles. The first-order chi connectivity index (χ1) is 8.36. The molecule has 0 fully saturated rings. The van der Waals surface area contributed by atoms with Crippen LogP contribution in [0, 0.1) is 0 Å². The molecule has 0 aliphatic heterocycles. The molecule has 2 aliphatic rings. The zero-order chi connectivity index (χ0) is 11.9. The van der Waals surface area contributed by atoms with E-state index in [1.54, 1.807) is 0 Å². The first-order valence-corrected chi connectivity index (χ1v) is 5.60. The Morgan fingerprint density at radius 1 is 0.529 bits per heavy atom. The average Bonchev–Trinajstić information content (AvgIpc) is 2.23. The predicted octanol–water partition coefficient (Wildman–Crippen LogP) is 3.49. The van der Waals surface area contributed by atoms with Crippen LogP contribution < -0.4 is 5.73 Å². The van der Waals surface area contributed by atoms with Crippen LogP contribution in [0.15, 0.2) is 95.8 Å². The summed E-state index contributed by atoms with van der Waals surface area (Å²) in [5.41, 5.74) is 8.83. The third kappa shape index (κ3) is 3.35. The molecule has 1 nitrogen and oxygen atoms in total. The Bertz CT molecular complexity index is 518. The maximum Gasteiger partial charge on any atom is 0.0313 e. The minimum absolute atomic E-state index is 0.765. The number of nitrogens with two attached hydrogens (primary N) is 1. The summed E-state index contributed by atoms with van der Waals surface area (Å²) in [6, 6.07) is 0. The molecule has 0 unspecified atom stereocenters. The summed E-state index contributed by atoms with van der Waals surface area (Å²) in [6.45, 7) is 0. The summed E-state index contributed by atoms with van der Waals surface area (Å²) in [6.07, 6.45) is 26.2. The normalized spacial score (nSPS) is 37.3. The van der Waals surface area contributed by atoms with Crippen LogP contribution in [-0.4, -0.2) is 0 Å². The van der Waals surface area contributed by atoms with Gasteiger partial charge in [-0.2, -0.15) is 0 Å². The molecule has 0 aromatic rings. The van der Waals surface area contributed by atoms with E-state index in [0.717, 1.165) is 5.70 Å². The summed E-state index contributed by atoms with van der Waals surface area (Å²) in [5, 5.41) is 0. The van der Waals surface area contributed by atoms with Crippen molar-refractivity contribution in [1.29, 1.82) is 0 Å². The second kappa shape index (κ2) is 5.71. The maximum atomic E-state index is 5.72. The van der Waals surface area contributed by atoms with Crippen LogP contribution >= 0.6 is 0 Å². The molecule has 0 aromatic carbocycles. The van der Waals surface area contributed by atoms with Crippen LogP contribution in [0.2, 0.25) is 0 Å². The van der Waals surface area contributed by atoms with Gasteiger partial charge in [-0.15, -0.1) is 0 Å². The van der Waals surface area contributed by atoms with Crippen molar-refractivity contribution in [3.63, 3.8) is 0 Å². The standard InChI is InChI=1S/C16H15N/c17-16-12-6-10-15(11-7-13-16)14-8-4-2-1-3-5-9-14/h1-13H,17H2/b2-1-,3-1?,4-2?,5-3-,8-4-,9-5?,10-6-,11-7?,12-6?,13-7-,14-8?,14-9+,15-10?,15-11+,16-12+,16-13?. The lowest BCUT2D eigenvalue weighted by atomic mass is 10.0. The van der Waals surface area contributed by atoms with Crippen LogP contribution in [0.5, 0.6) is 0 Å². The molecule has 17 heavy (non-hydrogen) atoms. The van der Waals surface area contributed by atoms with Gasteiger partial charge in [0.05, 0.1) is 0 Å². The van der Waals surface area contributed by atoms with E-state index in [-0.39, 0.29) is 0 Å². The van der Waals surface area contributed by atoms with Crippen LogP contribution in [0.25, 0.3) is 0 Å². The Kier molecular flexibility index (Phi) is 3.77. The van der Waals surface area contributed by atoms with Crippen LogP contribution in [0.4, 0.5) is 0 Å². The summed E-state index contributed by atoms with van der Waals surface area (Å²) in [5.74, 6) is 0. The molecular formula is C16H15N. The van der Waals surface area contributed by atoms with Gasteiger partial charge in [0.1, 0.15) is 0 Å². The highest BCUT2D eigenvalue weighted by atomic mass is 14.5. The fraction of sp³-hybridized carbons (Fsp3) is 0. The highest BCUT2D eigenvalue weighted by Gasteiger charge is 1.97. The first-order valence-electron chi connectivity index (χ1n) is 5.60. The van der Waals surface area contributed by atoms with Crippen molar-refractivity contribution in [2.75, 3.05) is 0 Å². The van der Waals surface area contributed by atoms with Gasteiger partial charge in [-0.1, -0.05) is 66.8 Å². The molecule has 2 N–H and O–H groups in total. The summed E-state index contributed by atoms with van der Waals surface area (Å²) in [4.78, 5) is 0. The number of rotatable bonds is 1. The van der Waals surface area contributed by atoms with E-state index < -0.39 is 0 Å². The molecular weight excluding hydrogens is 206 g/mol. The summed E-state index contributed by atoms with van der Waals surface area (Å²) in [7, 11) is 0. The second-order valence-corrected chi connectivity index (χ2v) is 3.76. The Morgan fingerprint density at radius 2 is 1.12 bits per heavy atom. The Labute approximate surface area is 102 Å². The number of hydrogen-bond donors (Lipinski definition) is 1. The van der Waals surface area contributed by atoms with Gasteiger partial charge in [0.25, 0.3) is 0 Å². The highest BCUT2D eigenvalue weighted by molar-refractivity contribution is 5.52. The summed E-state index contributed by atoms with van der Waals surface area (Å²) >= 11 is 0. The lowest BCUT2D eigenvalue weighted by Crippen LogP contribution is -1.92. The molecule has 84 valence electrons. The zero-order valence-corrected chi connectivity index (χ0v) is 9.58. The number of allylic oxidation sites excluding steroid dienone is 15. The second-order valence-electron chi connectivity index (χ2n) is 3.76. The monoisotopic (exact) mass is 221 g/mol. The lowest BCUT2D eigenvalue weighted by molar-refractivity contribution is 1.41. The topological polar surface area (TPSA) is 26.0 Å². The molecule has 1 heteroatoms. The van der Waals surface area contributed by atoms with Gasteiger partial charge in [0.2, 0.25) is 0 Å². The average molecular weight is 221 g/mol. The highest BCUT2D eigenvalue weighted by Crippen LogP contribution is 2.16. The molecule has 2 aliphatic carbocycles. The minimum Gasteiger partial charge on any atom is -0.399 e. The molecule has 2 rings (SSSR count). The van der Waals surface area contributed by atoms with Gasteiger partial charge in [0.15, 0.2) is 0 Å². The fourth-order valence-corrected chi connectivity index (χ4v) is 1.59. The Morgan fingerprint density at radius 3 is 2.00 bits per heavy atom. The van der Waals surface area contributed by atoms with Crippen molar-refractivity contribution in [1.82, 2.24) is 0 Å². The quantitative estimate of drug-likeness (QED) is 0.720. The molecule has 0 spiro atoms. The van der Waals surface area contributed by atoms with Gasteiger partial charge in [0, 0.05) is 5.70 Å². The van der Waals surface area contributed by atoms with E-state index in [0.29, 0.717) is 0 Å². The fourth-order valence-electron chi connectivity index (χ4n) is 1.59. The molecule has 0 saturated carbocycles. The minimum atomic E-state index is 0.765. The summed E-state index contributed by atoms with van der Waals surface area (Å²) < 4.78 is 0. The molecule has 0 radical (unpaired) electrons. The molecule has 0 amide bonds. The van der Waals surface area contributed by atoms with E-state index in [1.165, 1.54) is 11.1 Å². The van der Waals surface area contributed by atoms with Crippen molar-refractivity contribution >= 4 is 0 Å². The van der Waals surface area contributed by atoms with Gasteiger partial charge in [-0.3, -0.25) is 0 Å². The lowest BCUT2D eigenvalue weighted by Gasteiger charge is -2.04. The van der Waals surface area contributed by atoms with Gasteiger partial charge in [-0.05, 0) is 23.3 Å². The van der Waals surface area contributed by atoms with Crippen molar-refractivity contribution in [3.05, 3.63) is 95.8 Å². The molecule has 0 saturated heterocycles. The van der Waals surface area contributed by atoms with Crippen LogP contribution in [0.1, 0.15) is 0 Å². The predicted molar refractivity (Wildman–Crippen MR) is 74.1 cm³/mol. The van der Waals surface area contributed by atoms with Gasteiger partial charge < -0.3 is 5.73 Å². The first kappa shape index (κ1) is 11.2. The third-order valence-electron chi connectivity index (χ3n) is 2.46. The van der Waals surface area contributed by atoms with Crippen molar-refractivity contribution in [2.24, 2.45) is 5.73 Å². The zero-order valence-electron chi connectivity index (χ0n) is 9.58. The smallest absolute Gasteiger partial charge is 0.0313 e. The number of hydrogen-bond acceptors (Lipinski definition) is 1. The Hall–Kier alpha value is -2.28. The largest absolute Gasteiger partial charge is 0.399 e. The van der Waals surface area contributed by atoms with E-state index in [4.69, 9.17) is 5.73 Å². The third-order valence-corrected chi connectivity index (χ3v) is 2.46. The van der Waals surface area contributed by atoms with Crippen molar-refractivity contribution in [2.45, 2.75) is 0 Å². The van der Waals surface area contributed by atoms with E-state index >= 15 is 0 Å². The van der Waals surface area contributed by atoms with Crippen molar-refractivity contribution < 1.29 is 0 Å². The van der Waals surface area contributed by atoms with Gasteiger partial charge >= 0.3 is 0 Å².